The molecule has 0 aliphatic carbocycles. The van der Waals surface area contributed by atoms with Gasteiger partial charge in [0, 0.05) is 6.92 Å². The van der Waals surface area contributed by atoms with Crippen molar-refractivity contribution < 1.29 is 9.72 Å². The number of carbonyl (C=O) groups excluding carboxylic acids is 1. The lowest BCUT2D eigenvalue weighted by Gasteiger charge is -1.93. The molecule has 0 bridgehead atoms. The van der Waals surface area contributed by atoms with E-state index in [9.17, 15) is 14.9 Å². The van der Waals surface area contributed by atoms with Crippen LogP contribution in [0.15, 0.2) is 0 Å². The van der Waals surface area contributed by atoms with Gasteiger partial charge in [0.2, 0.25) is 17.5 Å². The number of nitrogen functional groups attached to an aromatic ring is 2. The summed E-state index contributed by atoms with van der Waals surface area (Å²) >= 11 is 0. The second-order valence-electron chi connectivity index (χ2n) is 2.31. The maximum Gasteiger partial charge on any atom is 0.354 e. The van der Waals surface area contributed by atoms with Gasteiger partial charge in [0.25, 0.3) is 0 Å². The van der Waals surface area contributed by atoms with Crippen LogP contribution in [0.1, 0.15) is 11.7 Å². The lowest BCUT2D eigenvalue weighted by molar-refractivity contribution is -0.383. The highest BCUT2D eigenvalue weighted by molar-refractivity contribution is 5.83. The van der Waals surface area contributed by atoms with Crippen molar-refractivity contribution in [2.24, 2.45) is 0 Å². The van der Waals surface area contributed by atoms with E-state index in [1.165, 1.54) is 6.92 Å². The summed E-state index contributed by atoms with van der Waals surface area (Å²) in [6, 6.07) is 0. The Hall–Kier alpha value is -2.12. The van der Waals surface area contributed by atoms with Crippen molar-refractivity contribution in [2.75, 3.05) is 11.5 Å². The van der Waals surface area contributed by atoms with E-state index in [0.717, 1.165) is 0 Å². The number of anilines is 2. The number of carbonyl (C=O) groups is 1. The third-order valence-electron chi connectivity index (χ3n) is 1.40. The predicted octanol–water partition coefficient (Wildman–Crippen LogP) is -0.384. The van der Waals surface area contributed by atoms with Gasteiger partial charge in [-0.1, -0.05) is 0 Å². The van der Waals surface area contributed by atoms with Crippen molar-refractivity contribution in [2.45, 2.75) is 6.92 Å². The lowest BCUT2D eigenvalue weighted by Crippen LogP contribution is -2.11. The van der Waals surface area contributed by atoms with Crippen LogP contribution in [-0.4, -0.2) is 20.6 Å². The van der Waals surface area contributed by atoms with Crippen LogP contribution in [0, 0.1) is 10.1 Å². The molecule has 0 aliphatic heterocycles. The molecule has 70 valence electrons. The molecule has 0 fully saturated rings. The molecule has 0 saturated heterocycles. The van der Waals surface area contributed by atoms with Gasteiger partial charge in [0.1, 0.15) is 0 Å². The van der Waals surface area contributed by atoms with Gasteiger partial charge >= 0.3 is 5.69 Å². The number of nitro groups is 1. The highest BCUT2D eigenvalue weighted by Crippen LogP contribution is 2.27. The zero-order valence-electron chi connectivity index (χ0n) is 6.72. The fourth-order valence-electron chi connectivity index (χ4n) is 0.868. The molecule has 0 radical (unpaired) electrons. The molecule has 0 atom stereocenters. The minimum atomic E-state index is -0.781. The molecule has 1 aromatic rings. The monoisotopic (exact) mass is 185 g/mol. The van der Waals surface area contributed by atoms with E-state index in [0.29, 0.717) is 4.68 Å². The largest absolute Gasteiger partial charge is 0.378 e. The summed E-state index contributed by atoms with van der Waals surface area (Å²) < 4.78 is 0.688. The smallest absolute Gasteiger partial charge is 0.354 e. The number of hydrogen-bond donors (Lipinski definition) is 2. The summed E-state index contributed by atoms with van der Waals surface area (Å²) in [4.78, 5) is 20.4. The van der Waals surface area contributed by atoms with Crippen molar-refractivity contribution in [3.63, 3.8) is 0 Å². The van der Waals surface area contributed by atoms with E-state index in [4.69, 9.17) is 11.5 Å². The van der Waals surface area contributed by atoms with E-state index in [1.807, 2.05) is 0 Å². The van der Waals surface area contributed by atoms with Gasteiger partial charge in [0.15, 0.2) is 0 Å². The molecule has 0 amide bonds. The molecular weight excluding hydrogens is 178 g/mol. The van der Waals surface area contributed by atoms with Gasteiger partial charge < -0.3 is 11.5 Å². The highest BCUT2D eigenvalue weighted by Gasteiger charge is 2.25. The molecule has 0 aliphatic rings. The Morgan fingerprint density at radius 2 is 2.15 bits per heavy atom. The van der Waals surface area contributed by atoms with Gasteiger partial charge in [-0.3, -0.25) is 14.9 Å². The van der Waals surface area contributed by atoms with Crippen LogP contribution in [0.4, 0.5) is 17.3 Å². The fourth-order valence-corrected chi connectivity index (χ4v) is 0.868. The minimum absolute atomic E-state index is 0.352. The van der Waals surface area contributed by atoms with Crippen LogP contribution in [0.5, 0.6) is 0 Å². The van der Waals surface area contributed by atoms with Crippen molar-refractivity contribution in [1.82, 2.24) is 9.78 Å². The molecule has 13 heavy (non-hydrogen) atoms. The zero-order valence-corrected chi connectivity index (χ0v) is 6.72. The average molecular weight is 185 g/mol. The van der Waals surface area contributed by atoms with Crippen molar-refractivity contribution >= 4 is 23.2 Å². The molecule has 1 rings (SSSR count). The van der Waals surface area contributed by atoms with Crippen molar-refractivity contribution in [3.8, 4) is 0 Å². The number of nitrogens with two attached hydrogens (primary N) is 2. The van der Waals surface area contributed by atoms with Crippen LogP contribution in [0.2, 0.25) is 0 Å². The summed E-state index contributed by atoms with van der Waals surface area (Å²) in [6.45, 7) is 1.17. The van der Waals surface area contributed by atoms with Gasteiger partial charge in [0.05, 0.1) is 4.92 Å². The highest BCUT2D eigenvalue weighted by atomic mass is 16.6. The molecule has 0 unspecified atom stereocenters. The van der Waals surface area contributed by atoms with Crippen LogP contribution >= 0.6 is 0 Å². The third kappa shape index (κ3) is 1.28. The molecule has 0 spiro atoms. The summed E-state index contributed by atoms with van der Waals surface area (Å²) in [7, 11) is 0. The molecular formula is C5H7N5O3. The van der Waals surface area contributed by atoms with Crippen LogP contribution in [0.3, 0.4) is 0 Å². The predicted molar refractivity (Wildman–Crippen MR) is 44.0 cm³/mol. The first-order valence-corrected chi connectivity index (χ1v) is 3.24. The Morgan fingerprint density at radius 3 is 2.38 bits per heavy atom. The van der Waals surface area contributed by atoms with Crippen LogP contribution in [-0.2, 0) is 0 Å². The summed E-state index contributed by atoms with van der Waals surface area (Å²) in [6.07, 6.45) is 0. The molecule has 8 heteroatoms. The SMILES string of the molecule is CC(=O)n1nc(N)c([N+](=O)[O-])c1N. The number of hydrogen-bond acceptors (Lipinski definition) is 6. The third-order valence-corrected chi connectivity index (χ3v) is 1.40. The Labute approximate surface area is 72.3 Å². The van der Waals surface area contributed by atoms with E-state index < -0.39 is 16.5 Å². The number of aromatic nitrogens is 2. The fraction of sp³-hybridized carbons (Fsp3) is 0.200. The Kier molecular flexibility index (Phi) is 1.89. The summed E-state index contributed by atoms with van der Waals surface area (Å²) in [5.74, 6) is -1.25. The lowest BCUT2D eigenvalue weighted by atomic mass is 10.5. The number of nitrogens with zero attached hydrogens (tertiary/aromatic N) is 3. The van der Waals surface area contributed by atoms with Gasteiger partial charge in [-0.15, -0.1) is 5.10 Å². The maximum atomic E-state index is 10.8. The quantitative estimate of drug-likeness (QED) is 0.452. The average Bonchev–Trinajstić information content (AvgIpc) is 2.26. The van der Waals surface area contributed by atoms with E-state index in [-0.39, 0.29) is 11.6 Å². The Morgan fingerprint density at radius 1 is 1.62 bits per heavy atom. The Bertz CT molecular complexity index is 382. The van der Waals surface area contributed by atoms with Gasteiger partial charge in [-0.05, 0) is 0 Å². The van der Waals surface area contributed by atoms with Gasteiger partial charge in [-0.2, -0.15) is 4.68 Å². The molecule has 0 saturated carbocycles. The molecule has 1 heterocycles. The first-order chi connectivity index (χ1) is 5.95. The molecule has 0 aromatic carbocycles. The molecule has 4 N–H and O–H groups in total. The first-order valence-electron chi connectivity index (χ1n) is 3.24. The van der Waals surface area contributed by atoms with Crippen molar-refractivity contribution in [3.05, 3.63) is 10.1 Å². The molecule has 1 aromatic heterocycles. The standard InChI is InChI=1S/C5H7N5O3/c1-2(11)9-5(7)3(10(12)13)4(6)8-9/h7H2,1H3,(H2,6,8). The normalized spacial score (nSPS) is 9.92. The first kappa shape index (κ1) is 8.97. The van der Waals surface area contributed by atoms with Crippen LogP contribution in [0.25, 0.3) is 0 Å². The summed E-state index contributed by atoms with van der Waals surface area (Å²) in [5.41, 5.74) is 9.91. The summed E-state index contributed by atoms with van der Waals surface area (Å²) in [5, 5.41) is 13.8. The van der Waals surface area contributed by atoms with Gasteiger partial charge in [-0.25, -0.2) is 0 Å². The second-order valence-corrected chi connectivity index (χ2v) is 2.31. The van der Waals surface area contributed by atoms with E-state index in [2.05, 4.69) is 5.10 Å². The number of rotatable bonds is 1. The Balaban J connectivity index is 3.39. The second kappa shape index (κ2) is 2.73. The topological polar surface area (TPSA) is 130 Å². The van der Waals surface area contributed by atoms with E-state index in [1.54, 1.807) is 0 Å². The maximum absolute atomic E-state index is 10.8. The minimum Gasteiger partial charge on any atom is -0.378 e. The van der Waals surface area contributed by atoms with E-state index >= 15 is 0 Å². The van der Waals surface area contributed by atoms with Crippen LogP contribution < -0.4 is 11.5 Å². The molecule has 8 nitrogen and oxygen atoms in total. The van der Waals surface area contributed by atoms with Crippen molar-refractivity contribution in [1.29, 1.82) is 0 Å². The zero-order chi connectivity index (χ0) is 10.2.